The minimum Gasteiger partial charge on any atom is -0.497 e. The van der Waals surface area contributed by atoms with Gasteiger partial charge in [0.05, 0.1) is 13.7 Å². The molecule has 0 fully saturated rings. The smallest absolute Gasteiger partial charge is 0.220 e. The third-order valence-corrected chi connectivity index (χ3v) is 2.86. The lowest BCUT2D eigenvalue weighted by atomic mass is 10.1. The van der Waals surface area contributed by atoms with Gasteiger partial charge in [-0.05, 0) is 44.5 Å². The SMILES string of the molecule is COc1ccc(OCCCC(=O)NC(C)(C)CN)cc1.Cl. The van der Waals surface area contributed by atoms with Crippen LogP contribution in [0.3, 0.4) is 0 Å². The Labute approximate surface area is 132 Å². The molecule has 21 heavy (non-hydrogen) atoms. The molecule has 0 aliphatic rings. The van der Waals surface area contributed by atoms with E-state index in [0.29, 0.717) is 26.0 Å². The predicted molar refractivity (Wildman–Crippen MR) is 86.2 cm³/mol. The fourth-order valence-electron chi connectivity index (χ4n) is 1.59. The second kappa shape index (κ2) is 9.47. The van der Waals surface area contributed by atoms with E-state index in [4.69, 9.17) is 15.2 Å². The van der Waals surface area contributed by atoms with E-state index >= 15 is 0 Å². The zero-order valence-electron chi connectivity index (χ0n) is 12.8. The molecule has 0 atom stereocenters. The summed E-state index contributed by atoms with van der Waals surface area (Å²) < 4.78 is 10.6. The Kier molecular flexibility index (Phi) is 8.81. The zero-order chi connectivity index (χ0) is 15.0. The highest BCUT2D eigenvalue weighted by molar-refractivity contribution is 5.85. The van der Waals surface area contributed by atoms with Crippen molar-refractivity contribution in [2.24, 2.45) is 5.73 Å². The molecule has 0 radical (unpaired) electrons. The molecule has 120 valence electrons. The molecule has 0 saturated carbocycles. The minimum atomic E-state index is -0.353. The van der Waals surface area contributed by atoms with Crippen LogP contribution in [0.1, 0.15) is 26.7 Å². The highest BCUT2D eigenvalue weighted by atomic mass is 35.5. The molecule has 0 unspecified atom stereocenters. The van der Waals surface area contributed by atoms with Gasteiger partial charge in [-0.25, -0.2) is 0 Å². The molecule has 0 bridgehead atoms. The van der Waals surface area contributed by atoms with Crippen molar-refractivity contribution >= 4 is 18.3 Å². The van der Waals surface area contributed by atoms with Crippen LogP contribution < -0.4 is 20.5 Å². The number of halogens is 1. The summed E-state index contributed by atoms with van der Waals surface area (Å²) in [6.07, 6.45) is 1.10. The summed E-state index contributed by atoms with van der Waals surface area (Å²) >= 11 is 0. The van der Waals surface area contributed by atoms with Gasteiger partial charge >= 0.3 is 0 Å². The largest absolute Gasteiger partial charge is 0.497 e. The molecule has 0 heterocycles. The van der Waals surface area contributed by atoms with Crippen molar-refractivity contribution in [3.8, 4) is 11.5 Å². The first kappa shape index (κ1) is 19.5. The number of nitrogens with one attached hydrogen (secondary N) is 1. The van der Waals surface area contributed by atoms with E-state index in [0.717, 1.165) is 11.5 Å². The maximum Gasteiger partial charge on any atom is 0.220 e. The summed E-state index contributed by atoms with van der Waals surface area (Å²) in [6.45, 7) is 4.72. The second-order valence-electron chi connectivity index (χ2n) is 5.26. The van der Waals surface area contributed by atoms with Gasteiger partial charge in [-0.2, -0.15) is 0 Å². The van der Waals surface area contributed by atoms with Crippen molar-refractivity contribution in [3.05, 3.63) is 24.3 Å². The number of ether oxygens (including phenoxy) is 2. The standard InChI is InChI=1S/C15H24N2O3.ClH/c1-15(2,11-16)17-14(18)5-4-10-20-13-8-6-12(19-3)7-9-13;/h6-9H,4-5,10-11,16H2,1-3H3,(H,17,18);1H. The van der Waals surface area contributed by atoms with Gasteiger partial charge in [-0.15, -0.1) is 12.4 Å². The predicted octanol–water partition coefficient (Wildman–Crippen LogP) is 2.13. The highest BCUT2D eigenvalue weighted by Crippen LogP contribution is 2.17. The fourth-order valence-corrected chi connectivity index (χ4v) is 1.59. The highest BCUT2D eigenvalue weighted by Gasteiger charge is 2.17. The zero-order valence-corrected chi connectivity index (χ0v) is 13.7. The van der Waals surface area contributed by atoms with Gasteiger partial charge in [0.2, 0.25) is 5.91 Å². The van der Waals surface area contributed by atoms with E-state index in [1.54, 1.807) is 7.11 Å². The van der Waals surface area contributed by atoms with Crippen molar-refractivity contribution in [3.63, 3.8) is 0 Å². The average Bonchev–Trinajstić information content (AvgIpc) is 2.44. The Hall–Kier alpha value is -1.46. The van der Waals surface area contributed by atoms with Crippen LogP contribution in [0, 0.1) is 0 Å². The van der Waals surface area contributed by atoms with Crippen molar-refractivity contribution in [1.82, 2.24) is 5.32 Å². The Morgan fingerprint density at radius 1 is 1.24 bits per heavy atom. The molecule has 0 aliphatic carbocycles. The molecule has 0 spiro atoms. The Morgan fingerprint density at radius 3 is 2.33 bits per heavy atom. The maximum absolute atomic E-state index is 11.7. The lowest BCUT2D eigenvalue weighted by Gasteiger charge is -2.24. The monoisotopic (exact) mass is 316 g/mol. The number of methoxy groups -OCH3 is 1. The van der Waals surface area contributed by atoms with E-state index in [1.165, 1.54) is 0 Å². The van der Waals surface area contributed by atoms with Crippen molar-refractivity contribution in [1.29, 1.82) is 0 Å². The van der Waals surface area contributed by atoms with E-state index in [2.05, 4.69) is 5.32 Å². The lowest BCUT2D eigenvalue weighted by molar-refractivity contribution is -0.122. The number of rotatable bonds is 8. The van der Waals surface area contributed by atoms with Crippen LogP contribution >= 0.6 is 12.4 Å². The van der Waals surface area contributed by atoms with Crippen molar-refractivity contribution < 1.29 is 14.3 Å². The van der Waals surface area contributed by atoms with Gasteiger partial charge in [0.15, 0.2) is 0 Å². The lowest BCUT2D eigenvalue weighted by Crippen LogP contribution is -2.48. The van der Waals surface area contributed by atoms with Crippen molar-refractivity contribution in [2.45, 2.75) is 32.2 Å². The first-order valence-corrected chi connectivity index (χ1v) is 6.75. The van der Waals surface area contributed by atoms with Gasteiger partial charge in [0.25, 0.3) is 0 Å². The van der Waals surface area contributed by atoms with Gasteiger partial charge in [-0.3, -0.25) is 4.79 Å². The van der Waals surface area contributed by atoms with E-state index in [-0.39, 0.29) is 23.9 Å². The van der Waals surface area contributed by atoms with Crippen LogP contribution in [-0.4, -0.2) is 31.7 Å². The van der Waals surface area contributed by atoms with E-state index in [1.807, 2.05) is 38.1 Å². The molecule has 1 amide bonds. The van der Waals surface area contributed by atoms with Gasteiger partial charge in [0, 0.05) is 18.5 Å². The average molecular weight is 317 g/mol. The van der Waals surface area contributed by atoms with E-state index < -0.39 is 0 Å². The van der Waals surface area contributed by atoms with Gasteiger partial charge in [0.1, 0.15) is 11.5 Å². The molecule has 3 N–H and O–H groups in total. The van der Waals surface area contributed by atoms with Gasteiger partial charge < -0.3 is 20.5 Å². The van der Waals surface area contributed by atoms with E-state index in [9.17, 15) is 4.79 Å². The summed E-state index contributed by atoms with van der Waals surface area (Å²) in [5.74, 6) is 1.56. The summed E-state index contributed by atoms with van der Waals surface area (Å²) in [4.78, 5) is 11.7. The number of hydrogen-bond acceptors (Lipinski definition) is 4. The second-order valence-corrected chi connectivity index (χ2v) is 5.26. The molecule has 1 rings (SSSR count). The molecule has 0 saturated heterocycles. The maximum atomic E-state index is 11.7. The Balaban J connectivity index is 0.00000400. The normalized spacial score (nSPS) is 10.5. The first-order chi connectivity index (χ1) is 9.46. The van der Waals surface area contributed by atoms with Crippen LogP contribution in [0.4, 0.5) is 0 Å². The number of carbonyl (C=O) groups is 1. The quantitative estimate of drug-likeness (QED) is 0.721. The first-order valence-electron chi connectivity index (χ1n) is 6.75. The third-order valence-electron chi connectivity index (χ3n) is 2.86. The van der Waals surface area contributed by atoms with Crippen molar-refractivity contribution in [2.75, 3.05) is 20.3 Å². The van der Waals surface area contributed by atoms with Crippen LogP contribution in [0.15, 0.2) is 24.3 Å². The molecule has 0 aliphatic heterocycles. The fraction of sp³-hybridized carbons (Fsp3) is 0.533. The number of benzene rings is 1. The number of nitrogens with two attached hydrogens (primary N) is 1. The number of carbonyl (C=O) groups excluding carboxylic acids is 1. The van der Waals surface area contributed by atoms with Gasteiger partial charge in [-0.1, -0.05) is 0 Å². The summed E-state index contributed by atoms with van der Waals surface area (Å²) in [7, 11) is 1.62. The number of amides is 1. The van der Waals surface area contributed by atoms with Crippen LogP contribution in [-0.2, 0) is 4.79 Å². The molecule has 1 aromatic carbocycles. The van der Waals surface area contributed by atoms with Crippen LogP contribution in [0.25, 0.3) is 0 Å². The summed E-state index contributed by atoms with van der Waals surface area (Å²) in [6, 6.07) is 7.37. The molecule has 5 nitrogen and oxygen atoms in total. The minimum absolute atomic E-state index is 0. The topological polar surface area (TPSA) is 73.6 Å². The third kappa shape index (κ3) is 7.78. The summed E-state index contributed by atoms with van der Waals surface area (Å²) in [5.41, 5.74) is 5.21. The van der Waals surface area contributed by atoms with Crippen LogP contribution in [0.2, 0.25) is 0 Å². The summed E-state index contributed by atoms with van der Waals surface area (Å²) in [5, 5.41) is 2.88. The molecular weight excluding hydrogens is 292 g/mol. The Morgan fingerprint density at radius 2 is 1.81 bits per heavy atom. The molecule has 6 heteroatoms. The molecular formula is C15H25ClN2O3. The Bertz CT molecular complexity index is 421. The molecule has 0 aromatic heterocycles. The molecule has 1 aromatic rings. The number of hydrogen-bond donors (Lipinski definition) is 2. The van der Waals surface area contributed by atoms with Crippen LogP contribution in [0.5, 0.6) is 11.5 Å².